The molecule has 0 atom stereocenters. The van der Waals surface area contributed by atoms with Crippen molar-refractivity contribution in [3.05, 3.63) is 59.7 Å². The van der Waals surface area contributed by atoms with Gasteiger partial charge in [-0.3, -0.25) is 9.59 Å². The summed E-state index contributed by atoms with van der Waals surface area (Å²) in [6, 6.07) is 13.8. The van der Waals surface area contributed by atoms with Gasteiger partial charge < -0.3 is 19.7 Å². The van der Waals surface area contributed by atoms with Gasteiger partial charge >= 0.3 is 0 Å². The minimum absolute atomic E-state index is 0.0659. The van der Waals surface area contributed by atoms with Crippen molar-refractivity contribution in [2.45, 2.75) is 19.4 Å². The second kappa shape index (κ2) is 7.80. The quantitative estimate of drug-likeness (QED) is 0.900. The molecule has 1 N–H and O–H groups in total. The van der Waals surface area contributed by atoms with Crippen molar-refractivity contribution in [2.75, 3.05) is 32.2 Å². The lowest BCUT2D eigenvalue weighted by Crippen LogP contribution is -2.55. The van der Waals surface area contributed by atoms with E-state index in [0.717, 1.165) is 0 Å². The predicted octanol–water partition coefficient (Wildman–Crippen LogP) is 3.20. The van der Waals surface area contributed by atoms with E-state index in [2.05, 4.69) is 5.32 Å². The molecule has 3 rings (SSSR count). The van der Waals surface area contributed by atoms with Gasteiger partial charge in [-0.2, -0.15) is 0 Å². The van der Waals surface area contributed by atoms with Gasteiger partial charge in [0.25, 0.3) is 11.8 Å². The Balaban J connectivity index is 1.74. The Morgan fingerprint density at radius 2 is 1.85 bits per heavy atom. The van der Waals surface area contributed by atoms with E-state index in [-0.39, 0.29) is 17.4 Å². The number of morpholine rings is 1. The van der Waals surface area contributed by atoms with E-state index in [9.17, 15) is 9.59 Å². The van der Waals surface area contributed by atoms with Crippen LogP contribution in [0, 0.1) is 0 Å². The lowest BCUT2D eigenvalue weighted by molar-refractivity contribution is -0.0370. The van der Waals surface area contributed by atoms with E-state index < -0.39 is 0 Å². The number of hydrogen-bond donors (Lipinski definition) is 1. The summed E-state index contributed by atoms with van der Waals surface area (Å²) in [6.07, 6.45) is 0. The van der Waals surface area contributed by atoms with E-state index in [4.69, 9.17) is 9.47 Å². The van der Waals surface area contributed by atoms with Crippen molar-refractivity contribution in [3.8, 4) is 5.75 Å². The zero-order chi connectivity index (χ0) is 19.4. The number of carbonyl (C=O) groups is 2. The number of carbonyl (C=O) groups excluding carboxylic acids is 2. The average molecular weight is 368 g/mol. The molecule has 0 spiro atoms. The third-order valence-corrected chi connectivity index (χ3v) is 4.61. The zero-order valence-electron chi connectivity index (χ0n) is 15.8. The summed E-state index contributed by atoms with van der Waals surface area (Å²) in [7, 11) is 1.58. The van der Waals surface area contributed by atoms with Crippen LogP contribution in [0.3, 0.4) is 0 Å². The highest BCUT2D eigenvalue weighted by atomic mass is 16.5. The van der Waals surface area contributed by atoms with Gasteiger partial charge in [0.1, 0.15) is 5.75 Å². The van der Waals surface area contributed by atoms with E-state index in [1.807, 2.05) is 18.7 Å². The van der Waals surface area contributed by atoms with Gasteiger partial charge in [-0.25, -0.2) is 0 Å². The fourth-order valence-electron chi connectivity index (χ4n) is 3.07. The van der Waals surface area contributed by atoms with Crippen LogP contribution in [0.25, 0.3) is 0 Å². The summed E-state index contributed by atoms with van der Waals surface area (Å²) >= 11 is 0. The third-order valence-electron chi connectivity index (χ3n) is 4.61. The first-order valence-electron chi connectivity index (χ1n) is 8.86. The molecule has 1 saturated heterocycles. The summed E-state index contributed by atoms with van der Waals surface area (Å²) in [6.45, 7) is 5.56. The molecule has 2 aromatic carbocycles. The molecule has 6 heteroatoms. The Labute approximate surface area is 159 Å². The number of ether oxygens (including phenoxy) is 2. The standard InChI is InChI=1S/C21H24N2O4/c1-21(2)14-27-12-11-23(21)20(25)16-5-4-6-17(13-16)22-19(24)15-7-9-18(26-3)10-8-15/h4-10,13H,11-12,14H2,1-3H3,(H,22,24). The predicted molar refractivity (Wildman–Crippen MR) is 103 cm³/mol. The highest BCUT2D eigenvalue weighted by molar-refractivity contribution is 6.05. The molecule has 142 valence electrons. The first kappa shape index (κ1) is 18.9. The van der Waals surface area contributed by atoms with E-state index in [0.29, 0.717) is 42.3 Å². The molecule has 0 aliphatic carbocycles. The smallest absolute Gasteiger partial charge is 0.255 e. The molecule has 0 bridgehead atoms. The highest BCUT2D eigenvalue weighted by Gasteiger charge is 2.34. The normalized spacial score (nSPS) is 15.9. The molecule has 0 unspecified atom stereocenters. The van der Waals surface area contributed by atoms with Gasteiger partial charge in [-0.15, -0.1) is 0 Å². The summed E-state index contributed by atoms with van der Waals surface area (Å²) in [5.74, 6) is 0.380. The van der Waals surface area contributed by atoms with Gasteiger partial charge in [0.15, 0.2) is 0 Å². The number of nitrogens with one attached hydrogen (secondary N) is 1. The number of amides is 2. The molecule has 1 fully saturated rings. The first-order valence-corrected chi connectivity index (χ1v) is 8.86. The van der Waals surface area contributed by atoms with Crippen molar-refractivity contribution >= 4 is 17.5 Å². The molecule has 2 amide bonds. The fraction of sp³-hybridized carbons (Fsp3) is 0.333. The summed E-state index contributed by atoms with van der Waals surface area (Å²) in [5.41, 5.74) is 1.27. The van der Waals surface area contributed by atoms with Gasteiger partial charge in [-0.05, 0) is 56.3 Å². The van der Waals surface area contributed by atoms with E-state index in [1.165, 1.54) is 0 Å². The number of hydrogen-bond acceptors (Lipinski definition) is 4. The Hall–Kier alpha value is -2.86. The summed E-state index contributed by atoms with van der Waals surface area (Å²) in [5, 5.41) is 2.84. The molecular weight excluding hydrogens is 344 g/mol. The van der Waals surface area contributed by atoms with Crippen molar-refractivity contribution in [1.82, 2.24) is 4.90 Å². The monoisotopic (exact) mass is 368 g/mol. The number of nitrogens with zero attached hydrogens (tertiary/aromatic N) is 1. The molecule has 0 saturated carbocycles. The van der Waals surface area contributed by atoms with Gasteiger partial charge in [0, 0.05) is 23.4 Å². The molecule has 27 heavy (non-hydrogen) atoms. The molecule has 1 heterocycles. The van der Waals surface area contributed by atoms with Crippen LogP contribution in [-0.2, 0) is 4.74 Å². The Kier molecular flexibility index (Phi) is 5.46. The van der Waals surface area contributed by atoms with Crippen LogP contribution >= 0.6 is 0 Å². The Morgan fingerprint density at radius 1 is 1.11 bits per heavy atom. The van der Waals surface area contributed by atoms with E-state index in [1.54, 1.807) is 55.6 Å². The molecule has 0 aromatic heterocycles. The Morgan fingerprint density at radius 3 is 2.52 bits per heavy atom. The Bertz CT molecular complexity index is 830. The van der Waals surface area contributed by atoms with Crippen LogP contribution in [0.15, 0.2) is 48.5 Å². The second-order valence-electron chi connectivity index (χ2n) is 7.09. The average Bonchev–Trinajstić information content (AvgIpc) is 2.67. The maximum absolute atomic E-state index is 12.9. The van der Waals surface area contributed by atoms with Crippen LogP contribution < -0.4 is 10.1 Å². The van der Waals surface area contributed by atoms with E-state index >= 15 is 0 Å². The lowest BCUT2D eigenvalue weighted by atomic mass is 10.0. The van der Waals surface area contributed by atoms with Gasteiger partial charge in [0.05, 0.1) is 25.9 Å². The number of anilines is 1. The molecule has 2 aromatic rings. The number of methoxy groups -OCH3 is 1. The molecular formula is C21H24N2O4. The van der Waals surface area contributed by atoms with Crippen LogP contribution in [0.4, 0.5) is 5.69 Å². The molecule has 6 nitrogen and oxygen atoms in total. The highest BCUT2D eigenvalue weighted by Crippen LogP contribution is 2.23. The van der Waals surface area contributed by atoms with Crippen LogP contribution in [-0.4, -0.2) is 49.1 Å². The SMILES string of the molecule is COc1ccc(C(=O)Nc2cccc(C(=O)N3CCOCC3(C)C)c2)cc1. The fourth-order valence-corrected chi connectivity index (χ4v) is 3.07. The van der Waals surface area contributed by atoms with Crippen LogP contribution in [0.5, 0.6) is 5.75 Å². The van der Waals surface area contributed by atoms with Crippen LogP contribution in [0.1, 0.15) is 34.6 Å². The number of benzene rings is 2. The summed E-state index contributed by atoms with van der Waals surface area (Å²) in [4.78, 5) is 27.2. The maximum Gasteiger partial charge on any atom is 0.255 e. The first-order chi connectivity index (χ1) is 12.9. The minimum Gasteiger partial charge on any atom is -0.497 e. The van der Waals surface area contributed by atoms with Crippen molar-refractivity contribution in [1.29, 1.82) is 0 Å². The molecule has 0 radical (unpaired) electrons. The minimum atomic E-state index is -0.363. The van der Waals surface area contributed by atoms with Crippen LogP contribution in [0.2, 0.25) is 0 Å². The lowest BCUT2D eigenvalue weighted by Gasteiger charge is -2.42. The summed E-state index contributed by atoms with van der Waals surface area (Å²) < 4.78 is 10.6. The molecule has 1 aliphatic heterocycles. The van der Waals surface area contributed by atoms with Gasteiger partial charge in [0.2, 0.25) is 0 Å². The van der Waals surface area contributed by atoms with Crippen molar-refractivity contribution < 1.29 is 19.1 Å². The third kappa shape index (κ3) is 4.28. The number of rotatable bonds is 4. The molecule has 1 aliphatic rings. The maximum atomic E-state index is 12.9. The topological polar surface area (TPSA) is 67.9 Å². The van der Waals surface area contributed by atoms with Gasteiger partial charge in [-0.1, -0.05) is 6.07 Å². The largest absolute Gasteiger partial charge is 0.497 e. The second-order valence-corrected chi connectivity index (χ2v) is 7.09. The van der Waals surface area contributed by atoms with Crippen molar-refractivity contribution in [3.63, 3.8) is 0 Å². The van der Waals surface area contributed by atoms with Crippen molar-refractivity contribution in [2.24, 2.45) is 0 Å². The zero-order valence-corrected chi connectivity index (χ0v) is 15.8.